The molecule has 1 aromatic carbocycles. The lowest BCUT2D eigenvalue weighted by molar-refractivity contribution is -0.125. The summed E-state index contributed by atoms with van der Waals surface area (Å²) in [6.07, 6.45) is 2.40. The third kappa shape index (κ3) is 4.21. The Balaban J connectivity index is 0.00000200. The molecular weight excluding hydrogens is 340 g/mol. The molecule has 0 aliphatic heterocycles. The van der Waals surface area contributed by atoms with Gasteiger partial charge in [-0.3, -0.25) is 4.79 Å². The molecule has 0 aromatic heterocycles. The summed E-state index contributed by atoms with van der Waals surface area (Å²) >= 11 is 3.40. The molecule has 0 saturated heterocycles. The minimum atomic E-state index is -0.538. The highest BCUT2D eigenvalue weighted by atomic mass is 79.9. The van der Waals surface area contributed by atoms with Crippen LogP contribution in [-0.2, 0) is 10.2 Å². The first-order valence-electron chi connectivity index (χ1n) is 6.71. The zero-order valence-corrected chi connectivity index (χ0v) is 14.3. The van der Waals surface area contributed by atoms with Crippen molar-refractivity contribution in [1.82, 2.24) is 5.32 Å². The van der Waals surface area contributed by atoms with Gasteiger partial charge in [-0.05, 0) is 50.3 Å². The zero-order valence-electron chi connectivity index (χ0n) is 11.9. The normalized spacial score (nSPS) is 16.2. The fourth-order valence-electron chi connectivity index (χ4n) is 2.12. The molecule has 1 saturated carbocycles. The van der Waals surface area contributed by atoms with Gasteiger partial charge >= 0.3 is 0 Å². The molecular formula is C15H22BrClN2O. The molecule has 112 valence electrons. The van der Waals surface area contributed by atoms with Crippen LogP contribution in [0.3, 0.4) is 0 Å². The molecule has 0 radical (unpaired) electrons. The van der Waals surface area contributed by atoms with Gasteiger partial charge in [-0.2, -0.15) is 0 Å². The summed E-state index contributed by atoms with van der Waals surface area (Å²) in [5.74, 6) is 0.641. The lowest BCUT2D eigenvalue weighted by atomic mass is 9.83. The zero-order chi connectivity index (χ0) is 14.0. The molecule has 1 fully saturated rings. The fraction of sp³-hybridized carbons (Fsp3) is 0.533. The van der Waals surface area contributed by atoms with Crippen molar-refractivity contribution < 1.29 is 4.79 Å². The quantitative estimate of drug-likeness (QED) is 0.847. The molecule has 1 aromatic rings. The molecule has 2 rings (SSSR count). The van der Waals surface area contributed by atoms with Gasteiger partial charge in [0.05, 0.1) is 5.41 Å². The van der Waals surface area contributed by atoms with Gasteiger partial charge in [-0.15, -0.1) is 12.4 Å². The third-order valence-electron chi connectivity index (χ3n) is 3.86. The number of amides is 1. The Kier molecular flexibility index (Phi) is 6.05. The Bertz CT molecular complexity index is 457. The molecule has 5 heteroatoms. The van der Waals surface area contributed by atoms with Crippen molar-refractivity contribution in [2.45, 2.75) is 38.1 Å². The van der Waals surface area contributed by atoms with Crippen LogP contribution in [0.2, 0.25) is 0 Å². The third-order valence-corrected chi connectivity index (χ3v) is 4.39. The Labute approximate surface area is 135 Å². The molecule has 1 unspecified atom stereocenters. The van der Waals surface area contributed by atoms with Gasteiger partial charge < -0.3 is 11.1 Å². The second kappa shape index (κ2) is 6.92. The average Bonchev–Trinajstić information content (AvgIpc) is 3.20. The van der Waals surface area contributed by atoms with E-state index in [-0.39, 0.29) is 24.4 Å². The first-order valence-corrected chi connectivity index (χ1v) is 7.50. The van der Waals surface area contributed by atoms with Gasteiger partial charge in [0, 0.05) is 17.1 Å². The maximum Gasteiger partial charge on any atom is 0.230 e. The van der Waals surface area contributed by atoms with Gasteiger partial charge in [0.25, 0.3) is 0 Å². The molecule has 1 atom stereocenters. The molecule has 0 bridgehead atoms. The molecule has 3 nitrogen and oxygen atoms in total. The number of carbonyl (C=O) groups is 1. The summed E-state index contributed by atoms with van der Waals surface area (Å²) in [5.41, 5.74) is 6.48. The summed E-state index contributed by atoms with van der Waals surface area (Å²) in [6.45, 7) is 4.45. The molecule has 20 heavy (non-hydrogen) atoms. The van der Waals surface area contributed by atoms with Crippen LogP contribution in [0.15, 0.2) is 28.7 Å². The summed E-state index contributed by atoms with van der Waals surface area (Å²) in [5, 5.41) is 2.98. The minimum absolute atomic E-state index is 0. The van der Waals surface area contributed by atoms with E-state index in [0.29, 0.717) is 12.5 Å². The molecule has 0 spiro atoms. The van der Waals surface area contributed by atoms with Crippen LogP contribution in [0, 0.1) is 5.92 Å². The van der Waals surface area contributed by atoms with E-state index in [9.17, 15) is 4.79 Å². The van der Waals surface area contributed by atoms with E-state index in [4.69, 9.17) is 5.73 Å². The van der Waals surface area contributed by atoms with Crippen molar-refractivity contribution >= 4 is 34.2 Å². The Hall–Kier alpha value is -0.580. The number of nitrogens with one attached hydrogen (secondary N) is 1. The maximum absolute atomic E-state index is 12.3. The molecule has 1 amide bonds. The SMILES string of the molecule is CC(C)(C(=O)NCC(N)C1CC1)c1ccc(Br)cc1.Cl. The van der Waals surface area contributed by atoms with Crippen LogP contribution in [0.1, 0.15) is 32.3 Å². The number of carbonyl (C=O) groups excluding carboxylic acids is 1. The van der Waals surface area contributed by atoms with E-state index in [0.717, 1.165) is 10.0 Å². The van der Waals surface area contributed by atoms with Gasteiger partial charge in [0.15, 0.2) is 0 Å². The van der Waals surface area contributed by atoms with E-state index in [1.54, 1.807) is 0 Å². The second-order valence-electron chi connectivity index (χ2n) is 5.84. The molecule has 0 heterocycles. The standard InChI is InChI=1S/C15H21BrN2O.ClH/c1-15(2,11-5-7-12(16)8-6-11)14(19)18-9-13(17)10-3-4-10;/h5-8,10,13H,3-4,9,17H2,1-2H3,(H,18,19);1H. The topological polar surface area (TPSA) is 55.1 Å². The van der Waals surface area contributed by atoms with Gasteiger partial charge in [-0.25, -0.2) is 0 Å². The van der Waals surface area contributed by atoms with Crippen LogP contribution < -0.4 is 11.1 Å². The summed E-state index contributed by atoms with van der Waals surface area (Å²) < 4.78 is 1.02. The highest BCUT2D eigenvalue weighted by molar-refractivity contribution is 9.10. The van der Waals surface area contributed by atoms with Crippen molar-refractivity contribution in [1.29, 1.82) is 0 Å². The van der Waals surface area contributed by atoms with Crippen LogP contribution >= 0.6 is 28.3 Å². The van der Waals surface area contributed by atoms with Crippen LogP contribution in [-0.4, -0.2) is 18.5 Å². The summed E-state index contributed by atoms with van der Waals surface area (Å²) in [4.78, 5) is 12.3. The lowest BCUT2D eigenvalue weighted by Gasteiger charge is -2.25. The van der Waals surface area contributed by atoms with Gasteiger partial charge in [0.2, 0.25) is 5.91 Å². The summed E-state index contributed by atoms with van der Waals surface area (Å²) in [7, 11) is 0. The number of hydrogen-bond donors (Lipinski definition) is 2. The van der Waals surface area contributed by atoms with Crippen LogP contribution in [0.4, 0.5) is 0 Å². The Morgan fingerprint density at radius 2 is 1.95 bits per heavy atom. The molecule has 3 N–H and O–H groups in total. The number of rotatable bonds is 5. The maximum atomic E-state index is 12.3. The highest BCUT2D eigenvalue weighted by Crippen LogP contribution is 2.31. The minimum Gasteiger partial charge on any atom is -0.354 e. The van der Waals surface area contributed by atoms with Crippen molar-refractivity contribution in [2.24, 2.45) is 11.7 Å². The first kappa shape index (κ1) is 17.5. The Morgan fingerprint density at radius 1 is 1.40 bits per heavy atom. The highest BCUT2D eigenvalue weighted by Gasteiger charge is 2.32. The predicted octanol–water partition coefficient (Wildman–Crippen LogP) is 3.00. The summed E-state index contributed by atoms with van der Waals surface area (Å²) in [6, 6.07) is 7.97. The fourth-order valence-corrected chi connectivity index (χ4v) is 2.38. The van der Waals surface area contributed by atoms with E-state index >= 15 is 0 Å². The number of halogens is 2. The number of nitrogens with two attached hydrogens (primary N) is 1. The monoisotopic (exact) mass is 360 g/mol. The van der Waals surface area contributed by atoms with Gasteiger partial charge in [0.1, 0.15) is 0 Å². The van der Waals surface area contributed by atoms with E-state index in [2.05, 4.69) is 21.2 Å². The van der Waals surface area contributed by atoms with Gasteiger partial charge in [-0.1, -0.05) is 28.1 Å². The van der Waals surface area contributed by atoms with E-state index in [1.807, 2.05) is 38.1 Å². The number of benzene rings is 1. The molecule has 1 aliphatic rings. The van der Waals surface area contributed by atoms with Crippen LogP contribution in [0.25, 0.3) is 0 Å². The van der Waals surface area contributed by atoms with Crippen LogP contribution in [0.5, 0.6) is 0 Å². The average molecular weight is 362 g/mol. The smallest absolute Gasteiger partial charge is 0.230 e. The van der Waals surface area contributed by atoms with Crippen molar-refractivity contribution in [2.75, 3.05) is 6.54 Å². The van der Waals surface area contributed by atoms with E-state index in [1.165, 1.54) is 12.8 Å². The molecule has 1 aliphatic carbocycles. The van der Waals surface area contributed by atoms with Crippen molar-refractivity contribution in [3.8, 4) is 0 Å². The van der Waals surface area contributed by atoms with E-state index < -0.39 is 5.41 Å². The predicted molar refractivity (Wildman–Crippen MR) is 88.1 cm³/mol. The first-order chi connectivity index (χ1) is 8.91. The Morgan fingerprint density at radius 3 is 2.45 bits per heavy atom. The lowest BCUT2D eigenvalue weighted by Crippen LogP contribution is -2.45. The van der Waals surface area contributed by atoms with Crippen molar-refractivity contribution in [3.63, 3.8) is 0 Å². The second-order valence-corrected chi connectivity index (χ2v) is 6.76. The largest absolute Gasteiger partial charge is 0.354 e. The number of hydrogen-bond acceptors (Lipinski definition) is 2. The van der Waals surface area contributed by atoms with Crippen molar-refractivity contribution in [3.05, 3.63) is 34.3 Å².